The topological polar surface area (TPSA) is 15.3 Å². The van der Waals surface area contributed by atoms with Gasteiger partial charge in [-0.15, -0.1) is 0 Å². The lowest BCUT2D eigenvalue weighted by Gasteiger charge is -2.26. The van der Waals surface area contributed by atoms with Crippen LogP contribution in [0.5, 0.6) is 0 Å². The maximum atomic E-state index is 3.62. The van der Waals surface area contributed by atoms with Crippen molar-refractivity contribution in [3.05, 3.63) is 0 Å². The molecule has 0 bridgehead atoms. The molecule has 0 aromatic rings. The number of likely N-dealkylation sites (tertiary alicyclic amines) is 1. The van der Waals surface area contributed by atoms with E-state index < -0.39 is 0 Å². The highest BCUT2D eigenvalue weighted by Crippen LogP contribution is 2.21. The van der Waals surface area contributed by atoms with Gasteiger partial charge in [0, 0.05) is 31.7 Å². The van der Waals surface area contributed by atoms with Gasteiger partial charge in [-0.2, -0.15) is 0 Å². The van der Waals surface area contributed by atoms with Crippen molar-refractivity contribution < 1.29 is 0 Å². The van der Waals surface area contributed by atoms with E-state index >= 15 is 0 Å². The van der Waals surface area contributed by atoms with Crippen LogP contribution in [0, 0.1) is 11.8 Å². The molecule has 1 N–H and O–H groups in total. The van der Waals surface area contributed by atoms with Gasteiger partial charge < -0.3 is 10.2 Å². The first-order valence-corrected chi connectivity index (χ1v) is 6.42. The van der Waals surface area contributed by atoms with Gasteiger partial charge in [-0.25, -0.2) is 0 Å². The van der Waals surface area contributed by atoms with Gasteiger partial charge in [-0.1, -0.05) is 20.8 Å². The van der Waals surface area contributed by atoms with E-state index in [1.807, 2.05) is 0 Å². The van der Waals surface area contributed by atoms with Crippen LogP contribution >= 0.6 is 0 Å². The first-order valence-electron chi connectivity index (χ1n) is 6.42. The first kappa shape index (κ1) is 13.0. The third kappa shape index (κ3) is 4.12. The minimum atomic E-state index is 0.303. The predicted octanol–water partition coefficient (Wildman–Crippen LogP) is 2.35. The van der Waals surface area contributed by atoms with Gasteiger partial charge in [0.15, 0.2) is 0 Å². The monoisotopic (exact) mass is 212 g/mol. The van der Waals surface area contributed by atoms with Crippen LogP contribution in [0.1, 0.15) is 41.0 Å². The average Bonchev–Trinajstić information content (AvgIpc) is 2.46. The van der Waals surface area contributed by atoms with Crippen molar-refractivity contribution in [2.45, 2.75) is 46.6 Å². The fraction of sp³-hybridized carbons (Fsp3) is 1.00. The summed E-state index contributed by atoms with van der Waals surface area (Å²) in [5, 5.41) is 3.62. The molecule has 90 valence electrons. The second-order valence-electron chi connectivity index (χ2n) is 5.88. The molecule has 2 heteroatoms. The Balaban J connectivity index is 2.16. The van der Waals surface area contributed by atoms with Crippen molar-refractivity contribution in [2.75, 3.05) is 26.2 Å². The number of nitrogens with zero attached hydrogens (tertiary/aromatic N) is 1. The molecule has 0 aliphatic carbocycles. The summed E-state index contributed by atoms with van der Waals surface area (Å²) < 4.78 is 0. The molecule has 0 radical (unpaired) electrons. The lowest BCUT2D eigenvalue weighted by molar-refractivity contribution is 0.291. The Bertz CT molecular complexity index is 179. The van der Waals surface area contributed by atoms with E-state index in [2.05, 4.69) is 44.8 Å². The minimum Gasteiger partial charge on any atom is -0.311 e. The van der Waals surface area contributed by atoms with Gasteiger partial charge in [0.05, 0.1) is 0 Å². The number of hydrogen-bond acceptors (Lipinski definition) is 2. The normalized spacial score (nSPS) is 28.6. The van der Waals surface area contributed by atoms with Gasteiger partial charge in [0.2, 0.25) is 0 Å². The molecule has 2 nitrogen and oxygen atoms in total. The van der Waals surface area contributed by atoms with Crippen LogP contribution in [0.3, 0.4) is 0 Å². The SMILES string of the molecule is CCC(C)(C)NCCN1CC(C)C(C)C1. The molecule has 0 saturated carbocycles. The summed E-state index contributed by atoms with van der Waals surface area (Å²) in [4.78, 5) is 2.59. The van der Waals surface area contributed by atoms with E-state index in [4.69, 9.17) is 0 Å². The van der Waals surface area contributed by atoms with Crippen molar-refractivity contribution in [2.24, 2.45) is 11.8 Å². The molecule has 15 heavy (non-hydrogen) atoms. The maximum Gasteiger partial charge on any atom is 0.0123 e. The van der Waals surface area contributed by atoms with Crippen LogP contribution in [0.25, 0.3) is 0 Å². The van der Waals surface area contributed by atoms with E-state index in [9.17, 15) is 0 Å². The van der Waals surface area contributed by atoms with Gasteiger partial charge in [-0.3, -0.25) is 0 Å². The van der Waals surface area contributed by atoms with Gasteiger partial charge in [-0.05, 0) is 32.1 Å². The summed E-state index contributed by atoms with van der Waals surface area (Å²) >= 11 is 0. The molecule has 0 aromatic carbocycles. The van der Waals surface area contributed by atoms with Gasteiger partial charge in [0.1, 0.15) is 0 Å². The van der Waals surface area contributed by atoms with E-state index in [0.29, 0.717) is 5.54 Å². The highest BCUT2D eigenvalue weighted by Gasteiger charge is 2.25. The van der Waals surface area contributed by atoms with Crippen LogP contribution in [-0.4, -0.2) is 36.6 Å². The van der Waals surface area contributed by atoms with Crippen LogP contribution in [0.4, 0.5) is 0 Å². The standard InChI is InChI=1S/C13H28N2/c1-6-13(4,5)14-7-8-15-9-11(2)12(3)10-15/h11-12,14H,6-10H2,1-5H3. The fourth-order valence-corrected chi connectivity index (χ4v) is 2.11. The Kier molecular flexibility index (Phi) is 4.60. The van der Waals surface area contributed by atoms with Crippen molar-refractivity contribution in [3.8, 4) is 0 Å². The first-order chi connectivity index (χ1) is 6.94. The molecule has 1 aliphatic rings. The molecule has 2 atom stereocenters. The summed E-state index contributed by atoms with van der Waals surface area (Å²) in [6.07, 6.45) is 1.19. The molecule has 2 unspecified atom stereocenters. The minimum absolute atomic E-state index is 0.303. The van der Waals surface area contributed by atoms with Crippen molar-refractivity contribution in [3.63, 3.8) is 0 Å². The number of rotatable bonds is 5. The molecule has 1 rings (SSSR count). The molecule has 0 spiro atoms. The highest BCUT2D eigenvalue weighted by molar-refractivity contribution is 4.80. The Labute approximate surface area is 95.4 Å². The van der Waals surface area contributed by atoms with Crippen LogP contribution in [0.15, 0.2) is 0 Å². The highest BCUT2D eigenvalue weighted by atomic mass is 15.2. The zero-order valence-corrected chi connectivity index (χ0v) is 11.1. The predicted molar refractivity (Wildman–Crippen MR) is 67.1 cm³/mol. The van der Waals surface area contributed by atoms with E-state index in [1.54, 1.807) is 0 Å². The Morgan fingerprint density at radius 3 is 2.20 bits per heavy atom. The van der Waals surface area contributed by atoms with Crippen molar-refractivity contribution >= 4 is 0 Å². The number of hydrogen-bond donors (Lipinski definition) is 1. The second kappa shape index (κ2) is 5.31. The third-order valence-electron chi connectivity index (χ3n) is 3.98. The largest absolute Gasteiger partial charge is 0.311 e. The van der Waals surface area contributed by atoms with E-state index in [1.165, 1.54) is 26.1 Å². The summed E-state index contributed by atoms with van der Waals surface area (Å²) in [5.74, 6) is 1.76. The molecule has 1 aliphatic heterocycles. The molecule has 1 heterocycles. The lowest BCUT2D eigenvalue weighted by atomic mass is 10.0. The van der Waals surface area contributed by atoms with E-state index in [-0.39, 0.29) is 0 Å². The Morgan fingerprint density at radius 1 is 1.20 bits per heavy atom. The second-order valence-corrected chi connectivity index (χ2v) is 5.88. The molecule has 0 aromatic heterocycles. The molecule has 0 amide bonds. The van der Waals surface area contributed by atoms with Crippen molar-refractivity contribution in [1.29, 1.82) is 0 Å². The van der Waals surface area contributed by atoms with Gasteiger partial charge in [0.25, 0.3) is 0 Å². The maximum absolute atomic E-state index is 3.62. The average molecular weight is 212 g/mol. The van der Waals surface area contributed by atoms with Crippen molar-refractivity contribution in [1.82, 2.24) is 10.2 Å². The molecular formula is C13H28N2. The van der Waals surface area contributed by atoms with Gasteiger partial charge >= 0.3 is 0 Å². The smallest absolute Gasteiger partial charge is 0.0123 e. The summed E-state index contributed by atoms with van der Waals surface area (Å²) in [5.41, 5.74) is 0.303. The summed E-state index contributed by atoms with van der Waals surface area (Å²) in [6.45, 7) is 16.4. The lowest BCUT2D eigenvalue weighted by Crippen LogP contribution is -2.42. The van der Waals surface area contributed by atoms with Crippen LogP contribution < -0.4 is 5.32 Å². The number of nitrogens with one attached hydrogen (secondary N) is 1. The molecule has 1 saturated heterocycles. The Morgan fingerprint density at radius 2 is 1.73 bits per heavy atom. The van der Waals surface area contributed by atoms with Crippen LogP contribution in [0.2, 0.25) is 0 Å². The zero-order valence-electron chi connectivity index (χ0n) is 11.1. The Hall–Kier alpha value is -0.0800. The summed E-state index contributed by atoms with van der Waals surface area (Å²) in [7, 11) is 0. The summed E-state index contributed by atoms with van der Waals surface area (Å²) in [6, 6.07) is 0. The quantitative estimate of drug-likeness (QED) is 0.752. The zero-order chi connectivity index (χ0) is 11.5. The molecular weight excluding hydrogens is 184 g/mol. The van der Waals surface area contributed by atoms with Crippen LogP contribution in [-0.2, 0) is 0 Å². The third-order valence-corrected chi connectivity index (χ3v) is 3.98. The fourth-order valence-electron chi connectivity index (χ4n) is 2.11. The molecule has 1 fully saturated rings. The van der Waals surface area contributed by atoms with E-state index in [0.717, 1.165) is 18.4 Å².